The van der Waals surface area contributed by atoms with E-state index >= 15 is 0 Å². The van der Waals surface area contributed by atoms with E-state index < -0.39 is 0 Å². The number of hydrogen-bond acceptors (Lipinski definition) is 4. The maximum absolute atomic E-state index is 8.55. The first-order valence-corrected chi connectivity index (χ1v) is 6.95. The molecule has 0 aliphatic heterocycles. The lowest BCUT2D eigenvalue weighted by atomic mass is 10.1. The molecule has 0 aliphatic carbocycles. The maximum atomic E-state index is 8.55. The summed E-state index contributed by atoms with van der Waals surface area (Å²) >= 11 is 1.86. The lowest BCUT2D eigenvalue weighted by molar-refractivity contribution is 0.0904. The fourth-order valence-corrected chi connectivity index (χ4v) is 2.87. The Morgan fingerprint density at radius 2 is 2.18 bits per heavy atom. The van der Waals surface area contributed by atoms with Crippen molar-refractivity contribution in [3.63, 3.8) is 0 Å². The summed E-state index contributed by atoms with van der Waals surface area (Å²) in [5.74, 6) is 0. The van der Waals surface area contributed by atoms with Crippen LogP contribution in [0.15, 0.2) is 6.07 Å². The Bertz CT molecular complexity index is 325. The van der Waals surface area contributed by atoms with E-state index in [-0.39, 0.29) is 6.61 Å². The molecule has 17 heavy (non-hydrogen) atoms. The number of aliphatic hydroxyl groups is 1. The van der Waals surface area contributed by atoms with Crippen molar-refractivity contribution in [1.29, 1.82) is 0 Å². The van der Waals surface area contributed by atoms with Gasteiger partial charge in [-0.05, 0) is 45.4 Å². The zero-order valence-corrected chi connectivity index (χ0v) is 11.8. The van der Waals surface area contributed by atoms with Gasteiger partial charge in [0.1, 0.15) is 0 Å². The van der Waals surface area contributed by atoms with Crippen molar-refractivity contribution in [2.45, 2.75) is 33.2 Å². The van der Waals surface area contributed by atoms with Gasteiger partial charge in [0.2, 0.25) is 0 Å². The summed E-state index contributed by atoms with van der Waals surface area (Å²) in [4.78, 5) is 2.77. The molecular weight excluding hydrogens is 234 g/mol. The molecule has 0 amide bonds. The third kappa shape index (κ3) is 5.17. The maximum Gasteiger partial charge on any atom is 0.0697 e. The van der Waals surface area contributed by atoms with Crippen LogP contribution in [0, 0.1) is 13.8 Å². The van der Waals surface area contributed by atoms with Crippen molar-refractivity contribution in [2.75, 3.05) is 26.4 Å². The van der Waals surface area contributed by atoms with Crippen LogP contribution in [0.5, 0.6) is 0 Å². The zero-order valence-electron chi connectivity index (χ0n) is 11.0. The van der Waals surface area contributed by atoms with Crippen LogP contribution < -0.4 is 5.32 Å². The molecule has 0 saturated heterocycles. The van der Waals surface area contributed by atoms with Crippen LogP contribution in [0.4, 0.5) is 0 Å². The minimum absolute atomic E-state index is 0.108. The Morgan fingerprint density at radius 3 is 2.76 bits per heavy atom. The summed E-state index contributed by atoms with van der Waals surface area (Å²) in [5.41, 5.74) is 1.41. The van der Waals surface area contributed by atoms with Gasteiger partial charge in [-0.25, -0.2) is 0 Å². The van der Waals surface area contributed by atoms with Crippen molar-refractivity contribution in [3.8, 4) is 0 Å². The number of aryl methyl sites for hydroxylation is 2. The third-order valence-electron chi connectivity index (χ3n) is 2.70. The van der Waals surface area contributed by atoms with Crippen LogP contribution in [0.25, 0.3) is 0 Å². The molecular formula is C13H23NO2S. The Hall–Kier alpha value is -0.420. The minimum Gasteiger partial charge on any atom is -0.394 e. The van der Waals surface area contributed by atoms with Gasteiger partial charge in [-0.3, -0.25) is 0 Å². The summed E-state index contributed by atoms with van der Waals surface area (Å²) in [6, 6.07) is 2.66. The fourth-order valence-electron chi connectivity index (χ4n) is 1.85. The molecule has 0 radical (unpaired) electrons. The second-order valence-corrected chi connectivity index (χ2v) is 5.69. The number of thiophene rings is 1. The highest BCUT2D eigenvalue weighted by Gasteiger charge is 2.09. The van der Waals surface area contributed by atoms with Crippen LogP contribution in [-0.2, 0) is 4.74 Å². The Balaban J connectivity index is 2.21. The summed E-state index contributed by atoms with van der Waals surface area (Å²) in [6.07, 6.45) is 0.979. The summed E-state index contributed by atoms with van der Waals surface area (Å²) < 4.78 is 5.21. The molecule has 0 fully saturated rings. The molecule has 4 heteroatoms. The average Bonchev–Trinajstić information content (AvgIpc) is 2.62. The van der Waals surface area contributed by atoms with E-state index in [1.54, 1.807) is 0 Å². The highest BCUT2D eigenvalue weighted by molar-refractivity contribution is 7.12. The lowest BCUT2D eigenvalue weighted by Crippen LogP contribution is -2.21. The average molecular weight is 257 g/mol. The van der Waals surface area contributed by atoms with Crippen LogP contribution in [0.2, 0.25) is 0 Å². The first-order valence-electron chi connectivity index (χ1n) is 6.14. The van der Waals surface area contributed by atoms with Gasteiger partial charge in [-0.1, -0.05) is 0 Å². The molecule has 0 aromatic carbocycles. The molecule has 2 N–H and O–H groups in total. The fraction of sp³-hybridized carbons (Fsp3) is 0.692. The van der Waals surface area contributed by atoms with Crippen molar-refractivity contribution in [3.05, 3.63) is 21.4 Å². The van der Waals surface area contributed by atoms with Gasteiger partial charge in [0, 0.05) is 22.4 Å². The van der Waals surface area contributed by atoms with E-state index in [2.05, 4.69) is 32.2 Å². The second kappa shape index (κ2) is 7.82. The Kier molecular flexibility index (Phi) is 6.73. The number of ether oxygens (including phenoxy) is 1. The number of aliphatic hydroxyl groups excluding tert-OH is 1. The predicted octanol–water partition coefficient (Wildman–Crippen LogP) is 2.41. The van der Waals surface area contributed by atoms with E-state index in [9.17, 15) is 0 Å². The van der Waals surface area contributed by atoms with Crippen molar-refractivity contribution < 1.29 is 9.84 Å². The van der Waals surface area contributed by atoms with Gasteiger partial charge >= 0.3 is 0 Å². The monoisotopic (exact) mass is 257 g/mol. The molecule has 1 aromatic rings. The molecule has 1 atom stereocenters. The Morgan fingerprint density at radius 1 is 1.41 bits per heavy atom. The second-order valence-electron chi connectivity index (χ2n) is 4.23. The normalized spacial score (nSPS) is 12.9. The van der Waals surface area contributed by atoms with E-state index in [0.717, 1.165) is 13.0 Å². The summed E-state index contributed by atoms with van der Waals surface area (Å²) in [7, 11) is 0. The standard InChI is InChI=1S/C13H23NO2S/c1-10-9-13(12(3)17-10)11(2)14-5-4-7-16-8-6-15/h9,11,14-15H,4-8H2,1-3H3. The molecule has 1 aromatic heterocycles. The van der Waals surface area contributed by atoms with Gasteiger partial charge < -0.3 is 15.2 Å². The van der Waals surface area contributed by atoms with E-state index in [1.807, 2.05) is 11.3 Å². The number of hydrogen-bond donors (Lipinski definition) is 2. The molecule has 0 saturated carbocycles. The molecule has 1 rings (SSSR count). The van der Waals surface area contributed by atoms with Gasteiger partial charge in [0.15, 0.2) is 0 Å². The highest BCUT2D eigenvalue weighted by atomic mass is 32.1. The molecule has 0 bridgehead atoms. The number of rotatable bonds is 8. The van der Waals surface area contributed by atoms with Crippen LogP contribution in [-0.4, -0.2) is 31.5 Å². The molecule has 1 heterocycles. The topological polar surface area (TPSA) is 41.5 Å². The largest absolute Gasteiger partial charge is 0.394 e. The van der Waals surface area contributed by atoms with Crippen LogP contribution >= 0.6 is 11.3 Å². The van der Waals surface area contributed by atoms with Gasteiger partial charge in [0.25, 0.3) is 0 Å². The zero-order chi connectivity index (χ0) is 12.7. The van der Waals surface area contributed by atoms with E-state index in [4.69, 9.17) is 9.84 Å². The highest BCUT2D eigenvalue weighted by Crippen LogP contribution is 2.25. The van der Waals surface area contributed by atoms with E-state index in [1.165, 1.54) is 15.3 Å². The van der Waals surface area contributed by atoms with Crippen LogP contribution in [0.3, 0.4) is 0 Å². The van der Waals surface area contributed by atoms with Crippen molar-refractivity contribution in [2.24, 2.45) is 0 Å². The Labute approximate surface area is 108 Å². The molecule has 3 nitrogen and oxygen atoms in total. The van der Waals surface area contributed by atoms with Gasteiger partial charge in [-0.2, -0.15) is 0 Å². The molecule has 1 unspecified atom stereocenters. The van der Waals surface area contributed by atoms with Gasteiger partial charge in [0.05, 0.1) is 13.2 Å². The van der Waals surface area contributed by atoms with E-state index in [0.29, 0.717) is 19.3 Å². The van der Waals surface area contributed by atoms with Crippen molar-refractivity contribution in [1.82, 2.24) is 5.32 Å². The quantitative estimate of drug-likeness (QED) is 0.703. The van der Waals surface area contributed by atoms with Gasteiger partial charge in [-0.15, -0.1) is 11.3 Å². The SMILES string of the molecule is Cc1cc(C(C)NCCCOCCO)c(C)s1. The minimum atomic E-state index is 0.108. The first kappa shape index (κ1) is 14.6. The lowest BCUT2D eigenvalue weighted by Gasteiger charge is -2.13. The third-order valence-corrected chi connectivity index (χ3v) is 3.68. The molecule has 0 aliphatic rings. The number of nitrogens with one attached hydrogen (secondary N) is 1. The van der Waals surface area contributed by atoms with Crippen molar-refractivity contribution >= 4 is 11.3 Å². The summed E-state index contributed by atoms with van der Waals surface area (Å²) in [6.45, 7) is 8.73. The molecule has 0 spiro atoms. The summed E-state index contributed by atoms with van der Waals surface area (Å²) in [5, 5.41) is 12.0. The predicted molar refractivity (Wildman–Crippen MR) is 72.7 cm³/mol. The first-order chi connectivity index (χ1) is 8.15. The smallest absolute Gasteiger partial charge is 0.0697 e. The van der Waals surface area contributed by atoms with Crippen LogP contribution in [0.1, 0.15) is 34.7 Å². The molecule has 98 valence electrons.